The highest BCUT2D eigenvalue weighted by molar-refractivity contribution is 5.24. The first-order valence-electron chi connectivity index (χ1n) is 3.32. The Kier molecular flexibility index (Phi) is 1.60. The first-order chi connectivity index (χ1) is 4.20. The van der Waals surface area contributed by atoms with E-state index in [9.17, 15) is 0 Å². The van der Waals surface area contributed by atoms with E-state index in [-0.39, 0.29) is 0 Å². The summed E-state index contributed by atoms with van der Waals surface area (Å²) in [5.41, 5.74) is 2.66. The molecule has 0 saturated carbocycles. The molecule has 1 aliphatic rings. The summed E-state index contributed by atoms with van der Waals surface area (Å²) in [5.74, 6) is 0. The summed E-state index contributed by atoms with van der Waals surface area (Å²) >= 11 is 0. The maximum absolute atomic E-state index is 3.32. The number of nitrogens with one attached hydrogen (secondary N) is 1. The van der Waals surface area contributed by atoms with Gasteiger partial charge in [-0.05, 0) is 26.8 Å². The molecule has 1 N–H and O–H groups in total. The molecule has 1 unspecified atom stereocenters. The van der Waals surface area contributed by atoms with Crippen molar-refractivity contribution in [2.45, 2.75) is 26.8 Å². The van der Waals surface area contributed by atoms with Crippen molar-refractivity contribution >= 4 is 0 Å². The Hall–Kier alpha value is -0.720. The molecule has 1 heteroatoms. The highest BCUT2D eigenvalue weighted by Crippen LogP contribution is 2.08. The average molecular weight is 123 g/mol. The van der Waals surface area contributed by atoms with Crippen LogP contribution in [0.1, 0.15) is 20.8 Å². The molecular weight excluding hydrogens is 110 g/mol. The summed E-state index contributed by atoms with van der Waals surface area (Å²) in [6.07, 6.45) is 4.27. The topological polar surface area (TPSA) is 12.0 Å². The maximum Gasteiger partial charge on any atom is 0.0442 e. The second kappa shape index (κ2) is 2.26. The molecule has 1 heterocycles. The van der Waals surface area contributed by atoms with E-state index in [4.69, 9.17) is 0 Å². The van der Waals surface area contributed by atoms with E-state index in [1.807, 2.05) is 0 Å². The molecular formula is C8H13N. The van der Waals surface area contributed by atoms with Gasteiger partial charge in [0.1, 0.15) is 0 Å². The number of hydrogen-bond acceptors (Lipinski definition) is 1. The molecule has 1 aliphatic heterocycles. The van der Waals surface area contributed by atoms with E-state index >= 15 is 0 Å². The summed E-state index contributed by atoms with van der Waals surface area (Å²) in [4.78, 5) is 0. The lowest BCUT2D eigenvalue weighted by Gasteiger charge is -2.19. The Morgan fingerprint density at radius 2 is 2.00 bits per heavy atom. The molecule has 0 aromatic heterocycles. The van der Waals surface area contributed by atoms with Crippen LogP contribution in [0.5, 0.6) is 0 Å². The highest BCUT2D eigenvalue weighted by atomic mass is 14.9. The fourth-order valence-electron chi connectivity index (χ4n) is 0.904. The first kappa shape index (κ1) is 6.40. The van der Waals surface area contributed by atoms with Gasteiger partial charge in [0.25, 0.3) is 0 Å². The summed E-state index contributed by atoms with van der Waals surface area (Å²) < 4.78 is 0. The van der Waals surface area contributed by atoms with Gasteiger partial charge in [-0.25, -0.2) is 0 Å². The normalized spacial score (nSPS) is 26.3. The van der Waals surface area contributed by atoms with Gasteiger partial charge in [-0.2, -0.15) is 0 Å². The third-order valence-electron chi connectivity index (χ3n) is 1.72. The fraction of sp³-hybridized carbons (Fsp3) is 0.500. The minimum atomic E-state index is 0.523. The molecule has 1 nitrogen and oxygen atoms in total. The number of dihydropyridines is 1. The van der Waals surface area contributed by atoms with Gasteiger partial charge < -0.3 is 5.32 Å². The summed E-state index contributed by atoms with van der Waals surface area (Å²) in [6, 6.07) is 0.523. The Bertz CT molecular complexity index is 165. The van der Waals surface area contributed by atoms with E-state index in [1.54, 1.807) is 0 Å². The minimum Gasteiger partial charge on any atom is -0.382 e. The Labute approximate surface area is 56.5 Å². The van der Waals surface area contributed by atoms with Crippen LogP contribution in [-0.4, -0.2) is 6.04 Å². The van der Waals surface area contributed by atoms with Crippen LogP contribution in [0.3, 0.4) is 0 Å². The molecule has 1 atom stereocenters. The molecule has 0 bridgehead atoms. The smallest absolute Gasteiger partial charge is 0.0442 e. The van der Waals surface area contributed by atoms with Crippen LogP contribution in [0.15, 0.2) is 23.4 Å². The second-order valence-corrected chi connectivity index (χ2v) is 2.63. The van der Waals surface area contributed by atoms with Crippen molar-refractivity contribution in [1.29, 1.82) is 0 Å². The third kappa shape index (κ3) is 1.35. The van der Waals surface area contributed by atoms with Gasteiger partial charge in [0.15, 0.2) is 0 Å². The lowest BCUT2D eigenvalue weighted by molar-refractivity contribution is 0.682. The molecule has 50 valence electrons. The van der Waals surface area contributed by atoms with Gasteiger partial charge in [-0.1, -0.05) is 11.6 Å². The summed E-state index contributed by atoms with van der Waals surface area (Å²) in [5, 5.41) is 3.32. The minimum absolute atomic E-state index is 0.523. The van der Waals surface area contributed by atoms with Gasteiger partial charge in [-0.15, -0.1) is 0 Å². The van der Waals surface area contributed by atoms with Crippen LogP contribution >= 0.6 is 0 Å². The SMILES string of the molecule is CC1=CC=C(C)C(C)N1. The third-order valence-corrected chi connectivity index (χ3v) is 1.72. The number of rotatable bonds is 0. The monoisotopic (exact) mass is 123 g/mol. The quantitative estimate of drug-likeness (QED) is 0.518. The van der Waals surface area contributed by atoms with Crippen LogP contribution in [0, 0.1) is 0 Å². The average Bonchev–Trinajstić information content (AvgIpc) is 1.80. The lowest BCUT2D eigenvalue weighted by Crippen LogP contribution is -2.27. The van der Waals surface area contributed by atoms with Crippen LogP contribution in [0.2, 0.25) is 0 Å². The van der Waals surface area contributed by atoms with Gasteiger partial charge >= 0.3 is 0 Å². The second-order valence-electron chi connectivity index (χ2n) is 2.63. The molecule has 0 fully saturated rings. The zero-order valence-electron chi connectivity index (χ0n) is 6.23. The predicted octanol–water partition coefficient (Wildman–Crippen LogP) is 1.83. The molecule has 0 amide bonds. The van der Waals surface area contributed by atoms with Crippen LogP contribution in [-0.2, 0) is 0 Å². The van der Waals surface area contributed by atoms with Crippen molar-refractivity contribution in [2.24, 2.45) is 0 Å². The fourth-order valence-corrected chi connectivity index (χ4v) is 0.904. The van der Waals surface area contributed by atoms with E-state index in [2.05, 4.69) is 38.2 Å². The molecule has 0 radical (unpaired) electrons. The van der Waals surface area contributed by atoms with E-state index in [0.717, 1.165) is 0 Å². The van der Waals surface area contributed by atoms with Crippen LogP contribution in [0.4, 0.5) is 0 Å². The first-order valence-corrected chi connectivity index (χ1v) is 3.32. The van der Waals surface area contributed by atoms with E-state index in [1.165, 1.54) is 11.3 Å². The van der Waals surface area contributed by atoms with E-state index in [0.29, 0.717) is 6.04 Å². The molecule has 0 aliphatic carbocycles. The van der Waals surface area contributed by atoms with Crippen LogP contribution < -0.4 is 5.32 Å². The van der Waals surface area contributed by atoms with Crippen LogP contribution in [0.25, 0.3) is 0 Å². The molecule has 9 heavy (non-hydrogen) atoms. The molecule has 0 aromatic carbocycles. The number of allylic oxidation sites excluding steroid dienone is 3. The zero-order valence-corrected chi connectivity index (χ0v) is 6.23. The van der Waals surface area contributed by atoms with E-state index < -0.39 is 0 Å². The van der Waals surface area contributed by atoms with Crippen molar-refractivity contribution in [3.05, 3.63) is 23.4 Å². The molecule has 0 aromatic rings. The lowest BCUT2D eigenvalue weighted by atomic mass is 10.1. The van der Waals surface area contributed by atoms with Gasteiger partial charge in [-0.3, -0.25) is 0 Å². The van der Waals surface area contributed by atoms with Gasteiger partial charge in [0.2, 0.25) is 0 Å². The van der Waals surface area contributed by atoms with Crippen molar-refractivity contribution in [3.63, 3.8) is 0 Å². The number of hydrogen-bond donors (Lipinski definition) is 1. The maximum atomic E-state index is 3.32. The highest BCUT2D eigenvalue weighted by Gasteiger charge is 2.05. The zero-order chi connectivity index (χ0) is 6.85. The Morgan fingerprint density at radius 1 is 1.33 bits per heavy atom. The van der Waals surface area contributed by atoms with Crippen molar-refractivity contribution in [1.82, 2.24) is 5.32 Å². The van der Waals surface area contributed by atoms with Gasteiger partial charge in [0.05, 0.1) is 0 Å². The molecule has 0 spiro atoms. The molecule has 1 rings (SSSR count). The largest absolute Gasteiger partial charge is 0.382 e. The molecule has 0 saturated heterocycles. The summed E-state index contributed by atoms with van der Waals surface area (Å²) in [7, 11) is 0. The van der Waals surface area contributed by atoms with Crippen molar-refractivity contribution in [2.75, 3.05) is 0 Å². The van der Waals surface area contributed by atoms with Crippen molar-refractivity contribution in [3.8, 4) is 0 Å². The van der Waals surface area contributed by atoms with Crippen molar-refractivity contribution < 1.29 is 0 Å². The predicted molar refractivity (Wildman–Crippen MR) is 40.1 cm³/mol. The Balaban J connectivity index is 2.74. The summed E-state index contributed by atoms with van der Waals surface area (Å²) in [6.45, 7) is 6.39. The standard InChI is InChI=1S/C8H13N/c1-6-4-5-7(2)9-8(6)3/h4-5,8-9H,1-3H3. The Morgan fingerprint density at radius 3 is 2.44 bits per heavy atom. The van der Waals surface area contributed by atoms with Gasteiger partial charge in [0, 0.05) is 11.7 Å².